The fraction of sp³-hybridized carbons (Fsp3) is 0.0625. The van der Waals surface area contributed by atoms with Gasteiger partial charge in [0.05, 0.1) is 0 Å². The lowest BCUT2D eigenvalue weighted by Gasteiger charge is -2.33. The Balaban J connectivity index is 0.000000253. The molecular weight excluding hydrogens is 897 g/mol. The second-order valence-corrected chi connectivity index (χ2v) is 16.9. The molecule has 0 aromatic heterocycles. The number of benzene rings is 10. The Bertz CT molecular complexity index is 2520. The number of hydrogen-bond donors (Lipinski definition) is 4. The summed E-state index contributed by atoms with van der Waals surface area (Å²) in [5, 5.41) is 48.4. The maximum Gasteiger partial charge on any atom is 0.140 e. The molecule has 10 rings (SSSR count). The van der Waals surface area contributed by atoms with Crippen LogP contribution in [0.3, 0.4) is 0 Å². The van der Waals surface area contributed by atoms with Crippen molar-refractivity contribution in [3.8, 4) is 0 Å². The van der Waals surface area contributed by atoms with Crippen LogP contribution in [0.15, 0.2) is 291 Å². The van der Waals surface area contributed by atoms with Crippen LogP contribution in [0.2, 0.25) is 0 Å². The van der Waals surface area contributed by atoms with E-state index < -0.39 is 22.4 Å². The van der Waals surface area contributed by atoms with E-state index in [-0.39, 0.29) is 21.9 Å². The van der Waals surface area contributed by atoms with Crippen molar-refractivity contribution in [2.24, 2.45) is 0 Å². The Hall–Kier alpha value is -8.12. The van der Waals surface area contributed by atoms with E-state index in [2.05, 4.69) is 0 Å². The summed E-state index contributed by atoms with van der Waals surface area (Å²) in [5.74, 6) is 0. The molecule has 0 aliphatic carbocycles. The molecule has 0 saturated carbocycles. The van der Waals surface area contributed by atoms with E-state index in [1.807, 2.05) is 291 Å². The third kappa shape index (κ3) is 10.5. The first-order valence-corrected chi connectivity index (χ1v) is 22.8. The predicted octanol–water partition coefficient (Wildman–Crippen LogP) is 9.21. The average Bonchev–Trinajstić information content (AvgIpc) is 3.44. The molecule has 0 bridgehead atoms. The second kappa shape index (κ2) is 24.1. The molecule has 0 saturated heterocycles. The summed E-state index contributed by atoms with van der Waals surface area (Å²) in [5.41, 5.74) is 3.95. The molecule has 0 aliphatic rings. The lowest BCUT2D eigenvalue weighted by Crippen LogP contribution is -2.31. The normalized spacial score (nSPS) is 11.2. The molecule has 0 aliphatic heterocycles. The lowest BCUT2D eigenvalue weighted by molar-refractivity contribution is 0.121. The van der Waals surface area contributed by atoms with Gasteiger partial charge in [0, 0.05) is 0 Å². The van der Waals surface area contributed by atoms with Crippen molar-refractivity contribution >= 4 is 0 Å². The van der Waals surface area contributed by atoms with Gasteiger partial charge in [-0.15, -0.1) is 0 Å². The van der Waals surface area contributed by atoms with E-state index in [0.29, 0.717) is 0 Å². The highest BCUT2D eigenvalue weighted by Gasteiger charge is 2.39. The summed E-state index contributed by atoms with van der Waals surface area (Å²) in [4.78, 5) is 0. The Kier molecular flexibility index (Phi) is 18.4. The fourth-order valence-corrected chi connectivity index (χ4v) is 9.34. The number of rotatable bonds is 12. The Morgan fingerprint density at radius 1 is 0.139 bits per heavy atom. The molecule has 8 heteroatoms. The maximum atomic E-state index is 12.1. The van der Waals surface area contributed by atoms with E-state index >= 15 is 0 Å². The molecule has 12 N–H and O–H groups in total. The smallest absolute Gasteiger partial charge is 0.140 e. The van der Waals surface area contributed by atoms with Crippen molar-refractivity contribution in [3.05, 3.63) is 358 Å². The van der Waals surface area contributed by atoms with Crippen molar-refractivity contribution in [2.75, 3.05) is 0 Å². The maximum absolute atomic E-state index is 12.1. The van der Waals surface area contributed by atoms with Gasteiger partial charge in [-0.1, -0.05) is 291 Å². The Morgan fingerprint density at radius 2 is 0.222 bits per heavy atom. The highest BCUT2D eigenvalue weighted by Crippen LogP contribution is 2.42. The molecule has 0 fully saturated rings. The van der Waals surface area contributed by atoms with Crippen LogP contribution in [0.4, 0.5) is 0 Å². The molecular formula is C64H60O8. The van der Waals surface area contributed by atoms with E-state index in [1.54, 1.807) is 0 Å². The molecule has 0 spiro atoms. The minimum Gasteiger partial charge on any atom is -0.412 e. The fourth-order valence-electron chi connectivity index (χ4n) is 9.34. The lowest BCUT2D eigenvalue weighted by atomic mass is 9.77. The molecule has 72 heavy (non-hydrogen) atoms. The van der Waals surface area contributed by atoms with Crippen LogP contribution in [0.1, 0.15) is 66.8 Å². The minimum absolute atomic E-state index is 0. The Labute approximate surface area is 421 Å². The first kappa shape index (κ1) is 54.8. The summed E-state index contributed by atoms with van der Waals surface area (Å²) in [7, 11) is 0. The molecule has 0 unspecified atom stereocenters. The standard InChI is InChI=1S/2C32H26O2.4H2O/c2*33-31(25-13-5-1-6-14-25,26-15-7-2-8-16-26)29-21-23-30(24-22-29)32(34,27-17-9-3-10-18-27)28-19-11-4-12-20-28;;;;/h2*1-24,33-34H;4*1H2. The van der Waals surface area contributed by atoms with Gasteiger partial charge in [0.1, 0.15) is 22.4 Å². The molecule has 0 heterocycles. The third-order valence-electron chi connectivity index (χ3n) is 13.0. The van der Waals surface area contributed by atoms with Crippen molar-refractivity contribution in [3.63, 3.8) is 0 Å². The summed E-state index contributed by atoms with van der Waals surface area (Å²) >= 11 is 0. The van der Waals surface area contributed by atoms with Gasteiger partial charge in [-0.3, -0.25) is 0 Å². The number of aliphatic hydroxyl groups is 4. The monoisotopic (exact) mass is 956 g/mol. The first-order chi connectivity index (χ1) is 33.3. The van der Waals surface area contributed by atoms with E-state index in [0.717, 1.165) is 66.8 Å². The van der Waals surface area contributed by atoms with Crippen molar-refractivity contribution < 1.29 is 42.3 Å². The van der Waals surface area contributed by atoms with Crippen LogP contribution in [-0.4, -0.2) is 42.3 Å². The van der Waals surface area contributed by atoms with Gasteiger partial charge in [0.25, 0.3) is 0 Å². The van der Waals surface area contributed by atoms with Gasteiger partial charge in [-0.2, -0.15) is 0 Å². The SMILES string of the molecule is O.O.O.O.OC(c1ccccc1)(c1ccccc1)c1ccc(C(O)(c2ccccc2)c2ccccc2)cc1.OC(c1ccccc1)(c1ccccc1)c1ccc(C(O)(c2ccccc2)c2ccccc2)cc1. The summed E-state index contributed by atoms with van der Waals surface area (Å²) < 4.78 is 0. The van der Waals surface area contributed by atoms with Gasteiger partial charge < -0.3 is 42.3 Å². The van der Waals surface area contributed by atoms with Crippen LogP contribution in [0.25, 0.3) is 0 Å². The molecule has 0 radical (unpaired) electrons. The average molecular weight is 957 g/mol. The van der Waals surface area contributed by atoms with Gasteiger partial charge in [0.15, 0.2) is 0 Å². The molecule has 0 amide bonds. The summed E-state index contributed by atoms with van der Waals surface area (Å²) in [6.45, 7) is 0. The highest BCUT2D eigenvalue weighted by atomic mass is 16.3. The quantitative estimate of drug-likeness (QED) is 0.0884. The molecule has 10 aromatic rings. The zero-order valence-corrected chi connectivity index (χ0v) is 39.5. The largest absolute Gasteiger partial charge is 0.412 e. The van der Waals surface area contributed by atoms with Crippen LogP contribution in [0, 0.1) is 0 Å². The van der Waals surface area contributed by atoms with Gasteiger partial charge in [-0.25, -0.2) is 0 Å². The minimum atomic E-state index is -1.32. The molecule has 8 nitrogen and oxygen atoms in total. The number of hydrogen-bond acceptors (Lipinski definition) is 4. The van der Waals surface area contributed by atoms with Crippen LogP contribution >= 0.6 is 0 Å². The van der Waals surface area contributed by atoms with E-state index in [9.17, 15) is 20.4 Å². The molecule has 10 aromatic carbocycles. The van der Waals surface area contributed by atoms with Crippen molar-refractivity contribution in [1.29, 1.82) is 0 Å². The van der Waals surface area contributed by atoms with Crippen LogP contribution < -0.4 is 0 Å². The van der Waals surface area contributed by atoms with E-state index in [1.165, 1.54) is 0 Å². The van der Waals surface area contributed by atoms with Gasteiger partial charge >= 0.3 is 0 Å². The molecule has 0 atom stereocenters. The second-order valence-electron chi connectivity index (χ2n) is 16.9. The van der Waals surface area contributed by atoms with Gasteiger partial charge in [-0.05, 0) is 66.8 Å². The van der Waals surface area contributed by atoms with Crippen molar-refractivity contribution in [1.82, 2.24) is 0 Å². The Morgan fingerprint density at radius 3 is 0.319 bits per heavy atom. The topological polar surface area (TPSA) is 207 Å². The molecule has 364 valence electrons. The highest BCUT2D eigenvalue weighted by molar-refractivity contribution is 5.54. The van der Waals surface area contributed by atoms with Gasteiger partial charge in [0.2, 0.25) is 0 Å². The van der Waals surface area contributed by atoms with E-state index in [4.69, 9.17) is 0 Å². The summed E-state index contributed by atoms with van der Waals surface area (Å²) in [6.07, 6.45) is 0. The third-order valence-corrected chi connectivity index (χ3v) is 13.0. The van der Waals surface area contributed by atoms with Crippen LogP contribution in [-0.2, 0) is 22.4 Å². The van der Waals surface area contributed by atoms with Crippen LogP contribution in [0.5, 0.6) is 0 Å². The first-order valence-electron chi connectivity index (χ1n) is 22.8. The zero-order chi connectivity index (χ0) is 46.9. The predicted molar refractivity (Wildman–Crippen MR) is 287 cm³/mol. The summed E-state index contributed by atoms with van der Waals surface area (Å²) in [6, 6.07) is 92.7. The van der Waals surface area contributed by atoms with Crippen molar-refractivity contribution in [2.45, 2.75) is 22.4 Å². The zero-order valence-electron chi connectivity index (χ0n) is 39.5.